The number of ether oxygens (including phenoxy) is 1. The molecule has 2 aromatic rings. The molecule has 2 heterocycles. The van der Waals surface area contributed by atoms with E-state index in [1.165, 1.54) is 0 Å². The van der Waals surface area contributed by atoms with Crippen LogP contribution in [0, 0.1) is 0 Å². The topological polar surface area (TPSA) is 72.8 Å². The Balaban J connectivity index is 0.00000121. The van der Waals surface area contributed by atoms with Crippen molar-refractivity contribution in [2.24, 2.45) is 10.7 Å². The van der Waals surface area contributed by atoms with E-state index in [0.29, 0.717) is 5.84 Å². The number of aliphatic imine (C=N–C) groups is 1. The fraction of sp³-hybridized carbons (Fsp3) is 0.267. The van der Waals surface area contributed by atoms with Crippen LogP contribution >= 0.6 is 24.8 Å². The number of fused-ring (bicyclic) bond motifs is 1. The Hall–Kier alpha value is -1.69. The number of amidine groups is 1. The average Bonchev–Trinajstić information content (AvgIpc) is 2.95. The summed E-state index contributed by atoms with van der Waals surface area (Å²) in [5.74, 6) is 2.10. The maximum atomic E-state index is 5.84. The van der Waals surface area contributed by atoms with Crippen molar-refractivity contribution in [1.29, 1.82) is 0 Å². The lowest BCUT2D eigenvalue weighted by atomic mass is 10.0. The zero-order valence-electron chi connectivity index (χ0n) is 12.3. The summed E-state index contributed by atoms with van der Waals surface area (Å²) in [5.41, 5.74) is 7.64. The molecule has 0 saturated carbocycles. The van der Waals surface area contributed by atoms with Crippen molar-refractivity contribution in [3.8, 4) is 5.75 Å². The second-order valence-corrected chi connectivity index (χ2v) is 4.76. The fourth-order valence-corrected chi connectivity index (χ4v) is 2.31. The molecular formula is C15H19Cl2N3O2. The molecule has 7 heteroatoms. The summed E-state index contributed by atoms with van der Waals surface area (Å²) in [7, 11) is 1.89. The molecule has 1 aliphatic rings. The Morgan fingerprint density at radius 2 is 2.05 bits per heavy atom. The minimum atomic E-state index is -0.182. The average molecular weight is 344 g/mol. The van der Waals surface area contributed by atoms with Crippen molar-refractivity contribution in [1.82, 2.24) is 5.32 Å². The lowest BCUT2D eigenvalue weighted by Gasteiger charge is -2.22. The molecule has 0 bridgehead atoms. The van der Waals surface area contributed by atoms with Gasteiger partial charge in [-0.25, -0.2) is 4.99 Å². The first kappa shape index (κ1) is 18.4. The fourth-order valence-electron chi connectivity index (χ4n) is 2.31. The van der Waals surface area contributed by atoms with Crippen LogP contribution in [0.1, 0.15) is 24.3 Å². The second-order valence-electron chi connectivity index (χ2n) is 4.76. The lowest BCUT2D eigenvalue weighted by Crippen LogP contribution is -2.33. The molecule has 0 radical (unpaired) electrons. The van der Waals surface area contributed by atoms with E-state index in [4.69, 9.17) is 14.9 Å². The van der Waals surface area contributed by atoms with Crippen molar-refractivity contribution in [3.05, 3.63) is 47.9 Å². The highest BCUT2D eigenvalue weighted by atomic mass is 35.5. The van der Waals surface area contributed by atoms with Gasteiger partial charge in [-0.1, -0.05) is 6.07 Å². The molecule has 0 saturated heterocycles. The SMILES string of the molecule is CNC(c1ccc2c(c1)N=C(N)C(C)O2)c1ccco1.Cl.Cl. The Morgan fingerprint density at radius 3 is 2.68 bits per heavy atom. The van der Waals surface area contributed by atoms with E-state index in [2.05, 4.69) is 10.3 Å². The molecule has 1 aromatic carbocycles. The van der Waals surface area contributed by atoms with E-state index in [1.807, 2.05) is 44.3 Å². The van der Waals surface area contributed by atoms with Crippen molar-refractivity contribution < 1.29 is 9.15 Å². The number of nitrogens with one attached hydrogen (secondary N) is 1. The smallest absolute Gasteiger partial charge is 0.153 e. The molecule has 1 aliphatic heterocycles. The molecular weight excluding hydrogens is 325 g/mol. The summed E-state index contributed by atoms with van der Waals surface area (Å²) in [5, 5.41) is 3.23. The predicted octanol–water partition coefficient (Wildman–Crippen LogP) is 3.20. The molecule has 0 fully saturated rings. The summed E-state index contributed by atoms with van der Waals surface area (Å²) in [6, 6.07) is 9.69. The minimum absolute atomic E-state index is 0. The normalized spacial score (nSPS) is 17.2. The van der Waals surface area contributed by atoms with E-state index >= 15 is 0 Å². The van der Waals surface area contributed by atoms with Crippen molar-refractivity contribution in [2.45, 2.75) is 19.1 Å². The number of furan rings is 1. The summed E-state index contributed by atoms with van der Waals surface area (Å²) in [6.07, 6.45) is 1.48. The number of benzene rings is 1. The number of halogens is 2. The van der Waals surface area contributed by atoms with Gasteiger partial charge in [0.1, 0.15) is 23.0 Å². The van der Waals surface area contributed by atoms with Crippen LogP contribution in [0.15, 0.2) is 46.0 Å². The van der Waals surface area contributed by atoms with E-state index in [0.717, 1.165) is 22.8 Å². The molecule has 2 atom stereocenters. The number of nitrogens with zero attached hydrogens (tertiary/aromatic N) is 1. The predicted molar refractivity (Wildman–Crippen MR) is 91.9 cm³/mol. The van der Waals surface area contributed by atoms with Gasteiger partial charge >= 0.3 is 0 Å². The Bertz CT molecular complexity index is 644. The van der Waals surface area contributed by atoms with Crippen molar-refractivity contribution in [2.75, 3.05) is 7.05 Å². The Kier molecular flexibility index (Phi) is 6.29. The Morgan fingerprint density at radius 1 is 1.27 bits per heavy atom. The van der Waals surface area contributed by atoms with Crippen LogP contribution in [-0.2, 0) is 0 Å². The molecule has 1 aromatic heterocycles. The van der Waals surface area contributed by atoms with Gasteiger partial charge in [0, 0.05) is 0 Å². The summed E-state index contributed by atoms with van der Waals surface area (Å²) in [4.78, 5) is 4.40. The standard InChI is InChI=1S/C15H17N3O2.2ClH/c1-9-15(16)18-11-8-10(5-6-12(11)20-9)14(17-2)13-4-3-7-19-13;;/h3-9,14,17H,1-2H3,(H2,16,18);2*1H. The van der Waals surface area contributed by atoms with Gasteiger partial charge in [0.2, 0.25) is 0 Å². The van der Waals surface area contributed by atoms with Crippen molar-refractivity contribution >= 4 is 36.3 Å². The Labute approximate surface area is 141 Å². The highest BCUT2D eigenvalue weighted by molar-refractivity contribution is 5.89. The number of hydrogen-bond donors (Lipinski definition) is 2. The molecule has 0 spiro atoms. The van der Waals surface area contributed by atoms with Crippen molar-refractivity contribution in [3.63, 3.8) is 0 Å². The third-order valence-electron chi connectivity index (χ3n) is 3.40. The van der Waals surface area contributed by atoms with E-state index in [-0.39, 0.29) is 37.0 Å². The largest absolute Gasteiger partial charge is 0.481 e. The minimum Gasteiger partial charge on any atom is -0.481 e. The monoisotopic (exact) mass is 343 g/mol. The molecule has 0 aliphatic carbocycles. The first-order valence-corrected chi connectivity index (χ1v) is 6.54. The van der Waals surface area contributed by atoms with E-state index in [9.17, 15) is 0 Å². The third kappa shape index (κ3) is 3.38. The number of hydrogen-bond acceptors (Lipinski definition) is 5. The van der Waals surface area contributed by atoms with Gasteiger partial charge in [0.05, 0.1) is 12.3 Å². The van der Waals surface area contributed by atoms with Gasteiger partial charge in [-0.15, -0.1) is 24.8 Å². The van der Waals surface area contributed by atoms with Crippen LogP contribution < -0.4 is 15.8 Å². The quantitative estimate of drug-likeness (QED) is 0.897. The van der Waals surface area contributed by atoms with Gasteiger partial charge in [0.25, 0.3) is 0 Å². The first-order chi connectivity index (χ1) is 9.69. The zero-order valence-corrected chi connectivity index (χ0v) is 13.9. The number of nitrogens with two attached hydrogens (primary N) is 1. The van der Waals surface area contributed by atoms with Gasteiger partial charge in [0.15, 0.2) is 6.10 Å². The van der Waals surface area contributed by atoms with Crippen LogP contribution in [0.5, 0.6) is 5.75 Å². The second kappa shape index (κ2) is 7.54. The molecule has 3 rings (SSSR count). The van der Waals surface area contributed by atoms with Crippen LogP contribution in [-0.4, -0.2) is 19.0 Å². The molecule has 0 amide bonds. The van der Waals surface area contributed by atoms with Crippen LogP contribution in [0.3, 0.4) is 0 Å². The number of rotatable bonds is 3. The zero-order chi connectivity index (χ0) is 14.1. The van der Waals surface area contributed by atoms with Gasteiger partial charge in [-0.3, -0.25) is 0 Å². The summed E-state index contributed by atoms with van der Waals surface area (Å²) in [6.45, 7) is 1.88. The van der Waals surface area contributed by atoms with Crippen LogP contribution in [0.25, 0.3) is 0 Å². The van der Waals surface area contributed by atoms with Crippen LogP contribution in [0.4, 0.5) is 5.69 Å². The summed E-state index contributed by atoms with van der Waals surface area (Å²) < 4.78 is 11.2. The third-order valence-corrected chi connectivity index (χ3v) is 3.40. The van der Waals surface area contributed by atoms with E-state index < -0.39 is 0 Å². The van der Waals surface area contributed by atoms with Gasteiger partial charge < -0.3 is 20.2 Å². The molecule has 2 unspecified atom stereocenters. The molecule has 5 nitrogen and oxygen atoms in total. The maximum Gasteiger partial charge on any atom is 0.153 e. The van der Waals surface area contributed by atoms with E-state index in [1.54, 1.807) is 6.26 Å². The van der Waals surface area contributed by atoms with Gasteiger partial charge in [-0.05, 0) is 43.8 Å². The van der Waals surface area contributed by atoms with Crippen LogP contribution in [0.2, 0.25) is 0 Å². The molecule has 3 N–H and O–H groups in total. The molecule has 22 heavy (non-hydrogen) atoms. The maximum absolute atomic E-state index is 5.84. The lowest BCUT2D eigenvalue weighted by molar-refractivity contribution is 0.281. The highest BCUT2D eigenvalue weighted by Gasteiger charge is 2.21. The van der Waals surface area contributed by atoms with Gasteiger partial charge in [-0.2, -0.15) is 0 Å². The summed E-state index contributed by atoms with van der Waals surface area (Å²) >= 11 is 0. The first-order valence-electron chi connectivity index (χ1n) is 6.54. The molecule has 120 valence electrons. The highest BCUT2D eigenvalue weighted by Crippen LogP contribution is 2.35.